The average molecular weight is 544 g/mol. The molecule has 1 fully saturated rings. The Morgan fingerprint density at radius 3 is 2.62 bits per heavy atom. The number of benzene rings is 2. The highest BCUT2D eigenvalue weighted by Crippen LogP contribution is 2.19. The Bertz CT molecular complexity index is 958. The smallest absolute Gasteiger partial charge is 0.191 e. The fraction of sp³-hybridized carbons (Fsp3) is 0.360. The highest BCUT2D eigenvalue weighted by atomic mass is 127. The number of imidazole rings is 1. The van der Waals surface area contributed by atoms with E-state index >= 15 is 0 Å². The summed E-state index contributed by atoms with van der Waals surface area (Å²) in [5.74, 6) is 0.853. The molecule has 6 nitrogen and oxygen atoms in total. The number of rotatable bonds is 8. The monoisotopic (exact) mass is 544 g/mol. The molecule has 0 radical (unpaired) electrons. The van der Waals surface area contributed by atoms with Crippen molar-refractivity contribution in [3.05, 3.63) is 90.0 Å². The first-order chi connectivity index (χ1) is 15.3. The number of halogens is 1. The van der Waals surface area contributed by atoms with Gasteiger partial charge in [0.2, 0.25) is 0 Å². The molecule has 2 aromatic carbocycles. The zero-order valence-corrected chi connectivity index (χ0v) is 21.0. The van der Waals surface area contributed by atoms with Crippen molar-refractivity contribution in [2.45, 2.75) is 38.5 Å². The van der Waals surface area contributed by atoms with Crippen LogP contribution in [0.2, 0.25) is 0 Å². The predicted octanol–water partition coefficient (Wildman–Crippen LogP) is 3.88. The number of nitrogens with zero attached hydrogens (tertiary/aromatic N) is 4. The third-order valence-corrected chi connectivity index (χ3v) is 5.83. The molecule has 170 valence electrons. The van der Waals surface area contributed by atoms with Gasteiger partial charge < -0.3 is 15.2 Å². The van der Waals surface area contributed by atoms with Gasteiger partial charge in [-0.3, -0.25) is 9.89 Å². The van der Waals surface area contributed by atoms with Crippen LogP contribution in [0.3, 0.4) is 0 Å². The van der Waals surface area contributed by atoms with Crippen molar-refractivity contribution in [2.75, 3.05) is 20.1 Å². The van der Waals surface area contributed by atoms with Gasteiger partial charge in [-0.15, -0.1) is 24.0 Å². The summed E-state index contributed by atoms with van der Waals surface area (Å²) in [7, 11) is 1.83. The van der Waals surface area contributed by atoms with Crippen molar-refractivity contribution in [1.29, 1.82) is 0 Å². The largest absolute Gasteiger partial charge is 0.355 e. The van der Waals surface area contributed by atoms with Gasteiger partial charge in [-0.25, -0.2) is 4.98 Å². The summed E-state index contributed by atoms with van der Waals surface area (Å²) >= 11 is 0. The standard InChI is InChI=1S/C25H32N6.HI/c1-26-25(28-16-22-9-5-10-23(15-22)18-30-14-12-27-20-30)29-17-24-11-6-13-31(24)19-21-7-3-2-4-8-21;/h2-5,7-10,12,14-15,20,24H,6,11,13,16-19H2,1H3,(H2,26,28,29);1H. The Morgan fingerprint density at radius 1 is 1.03 bits per heavy atom. The summed E-state index contributed by atoms with van der Waals surface area (Å²) in [5.41, 5.74) is 3.89. The van der Waals surface area contributed by atoms with Crippen LogP contribution in [0.25, 0.3) is 0 Å². The number of aliphatic imine (C=N–C) groups is 1. The van der Waals surface area contributed by atoms with E-state index in [1.54, 1.807) is 0 Å². The molecular weight excluding hydrogens is 511 g/mol. The van der Waals surface area contributed by atoms with Crippen molar-refractivity contribution in [1.82, 2.24) is 25.1 Å². The molecule has 1 saturated heterocycles. The van der Waals surface area contributed by atoms with E-state index in [0.29, 0.717) is 6.04 Å². The van der Waals surface area contributed by atoms with Crippen molar-refractivity contribution < 1.29 is 0 Å². The minimum atomic E-state index is 0. The molecule has 1 unspecified atom stereocenters. The predicted molar refractivity (Wildman–Crippen MR) is 141 cm³/mol. The lowest BCUT2D eigenvalue weighted by atomic mass is 10.1. The summed E-state index contributed by atoms with van der Waals surface area (Å²) in [4.78, 5) is 11.1. The lowest BCUT2D eigenvalue weighted by molar-refractivity contribution is 0.245. The fourth-order valence-corrected chi connectivity index (χ4v) is 4.20. The summed E-state index contributed by atoms with van der Waals surface area (Å²) < 4.78 is 2.08. The number of hydrogen-bond donors (Lipinski definition) is 2. The van der Waals surface area contributed by atoms with Crippen molar-refractivity contribution in [2.24, 2.45) is 4.99 Å². The van der Waals surface area contributed by atoms with Gasteiger partial charge in [0.05, 0.1) is 6.33 Å². The third kappa shape index (κ3) is 7.06. The Labute approximate surface area is 208 Å². The van der Waals surface area contributed by atoms with Crippen LogP contribution in [0.4, 0.5) is 0 Å². The molecule has 1 aliphatic rings. The lowest BCUT2D eigenvalue weighted by Crippen LogP contribution is -2.44. The molecular formula is C25H33IN6. The van der Waals surface area contributed by atoms with E-state index in [-0.39, 0.29) is 24.0 Å². The molecule has 0 amide bonds. The molecule has 7 heteroatoms. The average Bonchev–Trinajstić information content (AvgIpc) is 3.47. The summed E-state index contributed by atoms with van der Waals surface area (Å²) in [6, 6.07) is 19.9. The van der Waals surface area contributed by atoms with Crippen LogP contribution in [0.15, 0.2) is 78.3 Å². The Morgan fingerprint density at radius 2 is 1.84 bits per heavy atom. The molecule has 2 heterocycles. The Kier molecular flexibility index (Phi) is 9.55. The summed E-state index contributed by atoms with van der Waals surface area (Å²) in [5, 5.41) is 6.99. The van der Waals surface area contributed by atoms with Gasteiger partial charge >= 0.3 is 0 Å². The minimum absolute atomic E-state index is 0. The van der Waals surface area contributed by atoms with Crippen LogP contribution in [-0.2, 0) is 19.6 Å². The quantitative estimate of drug-likeness (QED) is 0.257. The van der Waals surface area contributed by atoms with Crippen LogP contribution in [-0.4, -0.2) is 46.6 Å². The van der Waals surface area contributed by atoms with Gasteiger partial charge in [0.25, 0.3) is 0 Å². The first-order valence-corrected chi connectivity index (χ1v) is 11.1. The van der Waals surface area contributed by atoms with E-state index in [4.69, 9.17) is 0 Å². The van der Waals surface area contributed by atoms with Crippen LogP contribution >= 0.6 is 24.0 Å². The fourth-order valence-electron chi connectivity index (χ4n) is 4.20. The van der Waals surface area contributed by atoms with Gasteiger partial charge in [-0.05, 0) is 36.1 Å². The van der Waals surface area contributed by atoms with Crippen molar-refractivity contribution in [3.8, 4) is 0 Å². The maximum Gasteiger partial charge on any atom is 0.191 e. The van der Waals surface area contributed by atoms with Crippen molar-refractivity contribution in [3.63, 3.8) is 0 Å². The first-order valence-electron chi connectivity index (χ1n) is 11.1. The summed E-state index contributed by atoms with van der Waals surface area (Å²) in [6.45, 7) is 4.67. The van der Waals surface area contributed by atoms with Crippen LogP contribution in [0.5, 0.6) is 0 Å². The maximum atomic E-state index is 4.42. The molecule has 1 aliphatic heterocycles. The minimum Gasteiger partial charge on any atom is -0.355 e. The number of hydrogen-bond acceptors (Lipinski definition) is 3. The second-order valence-electron chi connectivity index (χ2n) is 8.11. The Balaban J connectivity index is 0.00000289. The lowest BCUT2D eigenvalue weighted by Gasteiger charge is -2.25. The van der Waals surface area contributed by atoms with Gasteiger partial charge in [0.15, 0.2) is 5.96 Å². The number of likely N-dealkylation sites (tertiary alicyclic amines) is 1. The molecule has 1 aromatic heterocycles. The Hall–Kier alpha value is -2.39. The SMILES string of the molecule is CN=C(NCc1cccc(Cn2ccnc2)c1)NCC1CCCN1Cc1ccccc1.I. The van der Waals surface area contributed by atoms with E-state index in [9.17, 15) is 0 Å². The second kappa shape index (κ2) is 12.6. The number of guanidine groups is 1. The van der Waals surface area contributed by atoms with Gasteiger partial charge in [-0.2, -0.15) is 0 Å². The molecule has 32 heavy (non-hydrogen) atoms. The number of nitrogens with one attached hydrogen (secondary N) is 2. The first kappa shape index (κ1) is 24.3. The molecule has 0 bridgehead atoms. The number of aromatic nitrogens is 2. The molecule has 0 spiro atoms. The van der Waals surface area contributed by atoms with Crippen LogP contribution < -0.4 is 10.6 Å². The molecule has 0 aliphatic carbocycles. The third-order valence-electron chi connectivity index (χ3n) is 5.83. The van der Waals surface area contributed by atoms with Gasteiger partial charge in [-0.1, -0.05) is 54.6 Å². The maximum absolute atomic E-state index is 4.42. The van der Waals surface area contributed by atoms with E-state index in [1.165, 1.54) is 29.5 Å². The molecule has 3 aromatic rings. The zero-order chi connectivity index (χ0) is 21.3. The van der Waals surface area contributed by atoms with Gasteiger partial charge in [0, 0.05) is 51.7 Å². The van der Waals surface area contributed by atoms with E-state index in [1.807, 2.05) is 25.8 Å². The second-order valence-corrected chi connectivity index (χ2v) is 8.11. The summed E-state index contributed by atoms with van der Waals surface area (Å²) in [6.07, 6.45) is 8.13. The molecule has 2 N–H and O–H groups in total. The highest BCUT2D eigenvalue weighted by molar-refractivity contribution is 14.0. The highest BCUT2D eigenvalue weighted by Gasteiger charge is 2.24. The van der Waals surface area contributed by atoms with Crippen LogP contribution in [0, 0.1) is 0 Å². The van der Waals surface area contributed by atoms with Crippen LogP contribution in [0.1, 0.15) is 29.5 Å². The molecule has 1 atom stereocenters. The molecule has 0 saturated carbocycles. The zero-order valence-electron chi connectivity index (χ0n) is 18.7. The van der Waals surface area contributed by atoms with E-state index < -0.39 is 0 Å². The normalized spacial score (nSPS) is 16.5. The van der Waals surface area contributed by atoms with Gasteiger partial charge in [0.1, 0.15) is 0 Å². The molecule has 4 rings (SSSR count). The van der Waals surface area contributed by atoms with Crippen molar-refractivity contribution >= 4 is 29.9 Å². The topological polar surface area (TPSA) is 57.5 Å². The van der Waals surface area contributed by atoms with E-state index in [0.717, 1.165) is 38.7 Å². The van der Waals surface area contributed by atoms with E-state index in [2.05, 4.69) is 84.7 Å².